The Kier molecular flexibility index (Phi) is 9.03. The largest absolute Gasteiger partial charge is 0.436 e. The van der Waals surface area contributed by atoms with Crippen LogP contribution in [0, 0.1) is 0 Å². The first-order valence-corrected chi connectivity index (χ1v) is 20.8. The molecule has 0 bridgehead atoms. The number of rotatable bonds is 10. The monoisotopic (exact) mass is 380 g/mol. The minimum absolute atomic E-state index is 0.267. The average Bonchev–Trinajstić information content (AvgIpc) is 2.27. The predicted molar refractivity (Wildman–Crippen MR) is 109 cm³/mol. The van der Waals surface area contributed by atoms with Gasteiger partial charge in [-0.05, 0) is 52.1 Å². The molecule has 0 aliphatic rings. The fraction of sp³-hybridized carbons (Fsp3) is 1.00. The highest BCUT2D eigenvalue weighted by Gasteiger charge is 2.37. The van der Waals surface area contributed by atoms with Gasteiger partial charge in [0.1, 0.15) is 0 Å². The fourth-order valence-corrected chi connectivity index (χ4v) is 16.7. The van der Waals surface area contributed by atoms with E-state index in [9.17, 15) is 0 Å². The predicted octanol–water partition coefficient (Wildman–Crippen LogP) is 4.90. The number of hydrogen-bond donors (Lipinski definition) is 0. The normalized spacial score (nSPS) is 18.1. The summed E-state index contributed by atoms with van der Waals surface area (Å²) in [6.07, 6.45) is 2.15. The molecule has 0 aliphatic heterocycles. The zero-order valence-electron chi connectivity index (χ0n) is 16.9. The maximum atomic E-state index is 6.55. The summed E-state index contributed by atoms with van der Waals surface area (Å²) in [6.45, 7) is 25.0. The van der Waals surface area contributed by atoms with Gasteiger partial charge in [-0.3, -0.25) is 0 Å². The van der Waals surface area contributed by atoms with E-state index in [0.29, 0.717) is 5.73 Å². The minimum atomic E-state index is -2.06. The first-order valence-electron chi connectivity index (χ1n) is 8.75. The molecule has 0 amide bonds. The maximum Gasteiger partial charge on any atom is 0.321 e. The van der Waals surface area contributed by atoms with Crippen LogP contribution >= 0.6 is 0 Å². The van der Waals surface area contributed by atoms with Crippen LogP contribution in [0.1, 0.15) is 26.7 Å². The SMILES string of the molecule is CCC(O[Si](C)(C)O[Si](C)(C)C)[SiH](C)OC(CC)[Si](C)(C)C. The van der Waals surface area contributed by atoms with E-state index >= 15 is 0 Å². The third-order valence-corrected chi connectivity index (χ3v) is 14.3. The summed E-state index contributed by atoms with van der Waals surface area (Å²) in [4.78, 5) is 0. The number of hydrogen-bond acceptors (Lipinski definition) is 3. The van der Waals surface area contributed by atoms with Crippen molar-refractivity contribution in [3.8, 4) is 0 Å². The Morgan fingerprint density at radius 2 is 1.36 bits per heavy atom. The highest BCUT2D eigenvalue weighted by atomic mass is 28.4. The molecule has 0 fully saturated rings. The van der Waals surface area contributed by atoms with Gasteiger partial charge in [0.15, 0.2) is 8.32 Å². The van der Waals surface area contributed by atoms with Crippen LogP contribution in [0.3, 0.4) is 0 Å². The van der Waals surface area contributed by atoms with Crippen LogP contribution in [0.2, 0.25) is 58.9 Å². The van der Waals surface area contributed by atoms with Crippen molar-refractivity contribution < 1.29 is 13.0 Å². The lowest BCUT2D eigenvalue weighted by molar-refractivity contribution is 0.171. The molecule has 0 aromatic rings. The average molecular weight is 381 g/mol. The Hall–Kier alpha value is 0.748. The van der Waals surface area contributed by atoms with Crippen molar-refractivity contribution in [3.05, 3.63) is 0 Å². The summed E-state index contributed by atoms with van der Waals surface area (Å²) in [5.41, 5.74) is 0.720. The van der Waals surface area contributed by atoms with Crippen LogP contribution in [-0.2, 0) is 13.0 Å². The van der Waals surface area contributed by atoms with Gasteiger partial charge in [0.2, 0.25) is 9.04 Å². The van der Waals surface area contributed by atoms with Crippen LogP contribution in [0.25, 0.3) is 0 Å². The summed E-state index contributed by atoms with van der Waals surface area (Å²) >= 11 is 0. The van der Waals surface area contributed by atoms with Crippen molar-refractivity contribution in [1.82, 2.24) is 0 Å². The Bertz CT molecular complexity index is 324. The third kappa shape index (κ3) is 9.14. The summed E-state index contributed by atoms with van der Waals surface area (Å²) in [5.74, 6) is 0. The van der Waals surface area contributed by atoms with E-state index in [1.807, 2.05) is 0 Å². The van der Waals surface area contributed by atoms with E-state index in [1.54, 1.807) is 0 Å². The second-order valence-corrected chi connectivity index (χ2v) is 24.7. The molecular formula is C15H40O3Si4. The Morgan fingerprint density at radius 1 is 0.864 bits per heavy atom. The zero-order chi connectivity index (χ0) is 17.8. The first kappa shape index (κ1) is 22.7. The standard InChI is InChI=1S/C15H40O3Si4/c1-12-14(17-22(10,11)18-21(7,8)9)19(3)16-15(13-2)20(4,5)6/h14-15,19H,12-13H2,1-11H3. The van der Waals surface area contributed by atoms with Crippen LogP contribution < -0.4 is 0 Å². The molecule has 0 saturated carbocycles. The Morgan fingerprint density at radius 3 is 1.68 bits per heavy atom. The fourth-order valence-electron chi connectivity index (χ4n) is 2.90. The molecule has 0 saturated heterocycles. The smallest absolute Gasteiger partial charge is 0.321 e. The lowest BCUT2D eigenvalue weighted by Crippen LogP contribution is -2.52. The highest BCUT2D eigenvalue weighted by molar-refractivity contribution is 6.81. The summed E-state index contributed by atoms with van der Waals surface area (Å²) in [5, 5.41) is 0. The van der Waals surface area contributed by atoms with Crippen LogP contribution in [-0.4, -0.2) is 45.4 Å². The molecule has 0 aromatic carbocycles. The van der Waals surface area contributed by atoms with Gasteiger partial charge < -0.3 is 13.0 Å². The van der Waals surface area contributed by atoms with Crippen molar-refractivity contribution in [2.24, 2.45) is 0 Å². The van der Waals surface area contributed by atoms with E-state index in [0.717, 1.165) is 12.8 Å². The quantitative estimate of drug-likeness (QED) is 0.504. The molecule has 0 heterocycles. The van der Waals surface area contributed by atoms with Crippen molar-refractivity contribution in [1.29, 1.82) is 0 Å². The van der Waals surface area contributed by atoms with E-state index < -0.39 is 34.0 Å². The molecule has 7 heteroatoms. The van der Waals surface area contributed by atoms with Crippen LogP contribution in [0.5, 0.6) is 0 Å². The summed E-state index contributed by atoms with van der Waals surface area (Å²) < 4.78 is 19.4. The highest BCUT2D eigenvalue weighted by Crippen LogP contribution is 2.22. The molecule has 3 nitrogen and oxygen atoms in total. The molecule has 0 spiro atoms. The van der Waals surface area contributed by atoms with Crippen molar-refractivity contribution >= 4 is 34.0 Å². The molecule has 3 atom stereocenters. The Labute approximate surface area is 144 Å². The molecule has 134 valence electrons. The van der Waals surface area contributed by atoms with Crippen molar-refractivity contribution in [2.45, 2.75) is 97.1 Å². The van der Waals surface area contributed by atoms with E-state index in [-0.39, 0.29) is 5.73 Å². The molecule has 0 rings (SSSR count). The third-order valence-electron chi connectivity index (χ3n) is 3.63. The molecule has 0 aliphatic carbocycles. The Balaban J connectivity index is 4.82. The van der Waals surface area contributed by atoms with Gasteiger partial charge in [-0.25, -0.2) is 0 Å². The lowest BCUT2D eigenvalue weighted by Gasteiger charge is -2.38. The molecular weight excluding hydrogens is 341 g/mol. The zero-order valence-corrected chi connectivity index (χ0v) is 21.0. The molecule has 3 unspecified atom stereocenters. The molecule has 22 heavy (non-hydrogen) atoms. The van der Waals surface area contributed by atoms with Gasteiger partial charge >= 0.3 is 8.56 Å². The van der Waals surface area contributed by atoms with Gasteiger partial charge in [-0.15, -0.1) is 0 Å². The topological polar surface area (TPSA) is 27.7 Å². The second-order valence-electron chi connectivity index (χ2n) is 8.78. The van der Waals surface area contributed by atoms with E-state index in [2.05, 4.69) is 72.8 Å². The van der Waals surface area contributed by atoms with Gasteiger partial charge in [-0.1, -0.05) is 33.5 Å². The second kappa shape index (κ2) is 8.73. The van der Waals surface area contributed by atoms with Gasteiger partial charge in [0, 0.05) is 5.73 Å². The summed E-state index contributed by atoms with van der Waals surface area (Å²) in [7, 11) is -6.26. The molecule has 0 aromatic heterocycles. The van der Waals surface area contributed by atoms with Gasteiger partial charge in [0.05, 0.1) is 13.8 Å². The molecule has 0 N–H and O–H groups in total. The first-order chi connectivity index (χ1) is 9.72. The van der Waals surface area contributed by atoms with Crippen molar-refractivity contribution in [2.75, 3.05) is 0 Å². The van der Waals surface area contributed by atoms with E-state index in [1.165, 1.54) is 0 Å². The lowest BCUT2D eigenvalue weighted by atomic mass is 10.5. The minimum Gasteiger partial charge on any atom is -0.436 e. The van der Waals surface area contributed by atoms with Gasteiger partial charge in [-0.2, -0.15) is 0 Å². The summed E-state index contributed by atoms with van der Waals surface area (Å²) in [6, 6.07) is 0. The van der Waals surface area contributed by atoms with E-state index in [4.69, 9.17) is 13.0 Å². The molecule has 0 radical (unpaired) electrons. The van der Waals surface area contributed by atoms with Crippen LogP contribution in [0.15, 0.2) is 0 Å². The maximum absolute atomic E-state index is 6.55. The van der Waals surface area contributed by atoms with Crippen LogP contribution in [0.4, 0.5) is 0 Å². The van der Waals surface area contributed by atoms with Gasteiger partial charge in [0.25, 0.3) is 0 Å². The van der Waals surface area contributed by atoms with Crippen molar-refractivity contribution in [3.63, 3.8) is 0 Å².